The van der Waals surface area contributed by atoms with Gasteiger partial charge in [-0.1, -0.05) is 42.5 Å². The van der Waals surface area contributed by atoms with Gasteiger partial charge in [-0.2, -0.15) is 0 Å². The maximum Gasteiger partial charge on any atom is 0.240 e. The van der Waals surface area contributed by atoms with Gasteiger partial charge in [-0.15, -0.1) is 5.10 Å². The Morgan fingerprint density at radius 1 is 1.03 bits per heavy atom. The highest BCUT2D eigenvalue weighted by atomic mass is 16.7. The van der Waals surface area contributed by atoms with Crippen LogP contribution >= 0.6 is 0 Å². The van der Waals surface area contributed by atoms with E-state index in [4.69, 9.17) is 9.47 Å². The zero-order valence-electron chi connectivity index (χ0n) is 16.5. The Morgan fingerprint density at radius 2 is 1.74 bits per heavy atom. The van der Waals surface area contributed by atoms with Gasteiger partial charge in [0.1, 0.15) is 24.4 Å². The van der Waals surface area contributed by atoms with Gasteiger partial charge in [0.2, 0.25) is 11.7 Å². The molecular formula is C22H24N2O7. The Bertz CT molecular complexity index is 948. The Kier molecular flexibility index (Phi) is 6.05. The molecule has 9 nitrogen and oxygen atoms in total. The van der Waals surface area contributed by atoms with Crippen molar-refractivity contribution in [3.63, 3.8) is 0 Å². The van der Waals surface area contributed by atoms with E-state index < -0.39 is 36.8 Å². The van der Waals surface area contributed by atoms with Crippen LogP contribution in [0.25, 0.3) is 6.08 Å². The van der Waals surface area contributed by atoms with E-state index in [0.717, 1.165) is 5.56 Å². The van der Waals surface area contributed by atoms with Crippen LogP contribution in [0.4, 0.5) is 0 Å². The Morgan fingerprint density at radius 3 is 2.42 bits per heavy atom. The fourth-order valence-corrected chi connectivity index (χ4v) is 3.50. The molecule has 9 heteroatoms. The molecule has 0 aliphatic carbocycles. The molecule has 0 saturated carbocycles. The first-order valence-electron chi connectivity index (χ1n) is 9.80. The summed E-state index contributed by atoms with van der Waals surface area (Å²) < 4.78 is 10.9. The van der Waals surface area contributed by atoms with E-state index in [-0.39, 0.29) is 12.3 Å². The number of aliphatic hydroxyl groups is 5. The van der Waals surface area contributed by atoms with Gasteiger partial charge in [-0.3, -0.25) is 0 Å². The average molecular weight is 428 g/mol. The number of ether oxygens (including phenoxy) is 2. The molecule has 1 saturated heterocycles. The van der Waals surface area contributed by atoms with Crippen molar-refractivity contribution in [2.45, 2.75) is 30.2 Å². The number of rotatable bonds is 5. The van der Waals surface area contributed by atoms with E-state index in [1.807, 2.05) is 36.4 Å². The summed E-state index contributed by atoms with van der Waals surface area (Å²) in [6.07, 6.45) is -2.58. The first kappa shape index (κ1) is 21.4. The van der Waals surface area contributed by atoms with Gasteiger partial charge in [0.15, 0.2) is 6.73 Å². The highest BCUT2D eigenvalue weighted by molar-refractivity contribution is 5.94. The molecule has 2 heterocycles. The summed E-state index contributed by atoms with van der Waals surface area (Å²) in [5.41, 5.74) is 1.81. The molecular weight excluding hydrogens is 404 g/mol. The number of nitrogens with zero attached hydrogens (tertiary/aromatic N) is 2. The standard InChI is InChI=1S/C22H24N2O7/c25-12-17-18(26)19(27)20(28)22(29,31-17)16-8-6-15(7-9-16)21-23-24(13-30-21)11-10-14-4-2-1-3-5-14/h1-11,17-20,25-29H,12-13H2/t17-,18-,19-,20-,22-/m1/s1. The van der Waals surface area contributed by atoms with E-state index in [1.54, 1.807) is 23.3 Å². The van der Waals surface area contributed by atoms with Crippen LogP contribution < -0.4 is 0 Å². The van der Waals surface area contributed by atoms with Crippen molar-refractivity contribution in [3.05, 3.63) is 77.5 Å². The molecule has 4 rings (SSSR count). The molecule has 0 radical (unpaired) electrons. The van der Waals surface area contributed by atoms with Crippen molar-refractivity contribution in [2.75, 3.05) is 13.3 Å². The lowest BCUT2D eigenvalue weighted by Gasteiger charge is -2.45. The number of aliphatic hydroxyl groups excluding tert-OH is 4. The minimum atomic E-state index is -2.30. The van der Waals surface area contributed by atoms with Crippen LogP contribution in [0.15, 0.2) is 65.9 Å². The SMILES string of the molecule is OC[C@H]1O[C@](O)(c2ccc(C3=NN(C=Cc4ccccc4)CO3)cc2)[C@H](O)[C@H](O)[C@@H]1O. The second-order valence-corrected chi connectivity index (χ2v) is 7.38. The van der Waals surface area contributed by atoms with Crippen molar-refractivity contribution in [1.29, 1.82) is 0 Å². The summed E-state index contributed by atoms with van der Waals surface area (Å²) in [6, 6.07) is 16.0. The Hall–Kier alpha value is -2.79. The fourth-order valence-electron chi connectivity index (χ4n) is 3.50. The quantitative estimate of drug-likeness (QED) is 0.447. The summed E-state index contributed by atoms with van der Waals surface area (Å²) in [7, 11) is 0. The van der Waals surface area contributed by atoms with Crippen LogP contribution in [0.2, 0.25) is 0 Å². The molecule has 2 aromatic carbocycles. The third-order valence-corrected chi connectivity index (χ3v) is 5.30. The predicted molar refractivity (Wildman–Crippen MR) is 110 cm³/mol. The second kappa shape index (κ2) is 8.75. The van der Waals surface area contributed by atoms with E-state index in [1.165, 1.54) is 12.1 Å². The highest BCUT2D eigenvalue weighted by Gasteiger charge is 2.53. The van der Waals surface area contributed by atoms with Gasteiger partial charge < -0.3 is 35.0 Å². The minimum absolute atomic E-state index is 0.146. The molecule has 2 aliphatic heterocycles. The van der Waals surface area contributed by atoms with Crippen LogP contribution in [0.3, 0.4) is 0 Å². The van der Waals surface area contributed by atoms with Gasteiger partial charge in [0, 0.05) is 17.3 Å². The van der Waals surface area contributed by atoms with Crippen LogP contribution in [0.1, 0.15) is 16.7 Å². The number of benzene rings is 2. The number of hydrazone groups is 1. The first-order chi connectivity index (χ1) is 14.9. The summed E-state index contributed by atoms with van der Waals surface area (Å²) >= 11 is 0. The van der Waals surface area contributed by atoms with E-state index in [0.29, 0.717) is 11.5 Å². The molecule has 164 valence electrons. The van der Waals surface area contributed by atoms with Crippen LogP contribution in [-0.4, -0.2) is 74.2 Å². The molecule has 31 heavy (non-hydrogen) atoms. The molecule has 2 aromatic rings. The van der Waals surface area contributed by atoms with Crippen molar-refractivity contribution < 1.29 is 35.0 Å². The average Bonchev–Trinajstić information content (AvgIpc) is 3.29. The van der Waals surface area contributed by atoms with Gasteiger partial charge in [0.05, 0.1) is 6.61 Å². The molecule has 0 unspecified atom stereocenters. The molecule has 5 atom stereocenters. The van der Waals surface area contributed by atoms with Gasteiger partial charge in [-0.05, 0) is 23.8 Å². The topological polar surface area (TPSA) is 135 Å². The molecule has 0 bridgehead atoms. The van der Waals surface area contributed by atoms with Gasteiger partial charge >= 0.3 is 0 Å². The van der Waals surface area contributed by atoms with Gasteiger partial charge in [0.25, 0.3) is 0 Å². The second-order valence-electron chi connectivity index (χ2n) is 7.38. The Balaban J connectivity index is 1.50. The maximum absolute atomic E-state index is 10.8. The largest absolute Gasteiger partial charge is 0.453 e. The first-order valence-corrected chi connectivity index (χ1v) is 9.80. The summed E-state index contributed by atoms with van der Waals surface area (Å²) in [5, 5.41) is 56.4. The zero-order chi connectivity index (χ0) is 22.0. The van der Waals surface area contributed by atoms with Crippen LogP contribution in [-0.2, 0) is 15.3 Å². The van der Waals surface area contributed by atoms with E-state index >= 15 is 0 Å². The van der Waals surface area contributed by atoms with Gasteiger partial charge in [-0.25, -0.2) is 5.01 Å². The van der Waals surface area contributed by atoms with Crippen LogP contribution in [0, 0.1) is 0 Å². The van der Waals surface area contributed by atoms with Crippen molar-refractivity contribution in [2.24, 2.45) is 5.10 Å². The van der Waals surface area contributed by atoms with Crippen LogP contribution in [0.5, 0.6) is 0 Å². The summed E-state index contributed by atoms with van der Waals surface area (Å²) in [4.78, 5) is 0. The highest BCUT2D eigenvalue weighted by Crippen LogP contribution is 2.36. The van der Waals surface area contributed by atoms with Crippen molar-refractivity contribution in [3.8, 4) is 0 Å². The number of hydrogen-bond donors (Lipinski definition) is 5. The third kappa shape index (κ3) is 4.19. The molecule has 0 amide bonds. The van der Waals surface area contributed by atoms with Crippen molar-refractivity contribution >= 4 is 12.0 Å². The van der Waals surface area contributed by atoms with E-state index in [2.05, 4.69) is 5.10 Å². The normalized spacial score (nSPS) is 31.0. The molecule has 1 fully saturated rings. The monoisotopic (exact) mass is 428 g/mol. The maximum atomic E-state index is 10.8. The van der Waals surface area contributed by atoms with Crippen molar-refractivity contribution in [1.82, 2.24) is 5.01 Å². The van der Waals surface area contributed by atoms with E-state index in [9.17, 15) is 25.5 Å². The number of hydrogen-bond acceptors (Lipinski definition) is 9. The molecule has 0 spiro atoms. The zero-order valence-corrected chi connectivity index (χ0v) is 16.5. The fraction of sp³-hybridized carbons (Fsp3) is 0.318. The smallest absolute Gasteiger partial charge is 0.240 e. The minimum Gasteiger partial charge on any atom is -0.453 e. The third-order valence-electron chi connectivity index (χ3n) is 5.30. The molecule has 0 aromatic heterocycles. The lowest BCUT2D eigenvalue weighted by Crippen LogP contribution is -2.63. The molecule has 2 aliphatic rings. The summed E-state index contributed by atoms with van der Waals surface area (Å²) in [6.45, 7) is -0.392. The predicted octanol–water partition coefficient (Wildman–Crippen LogP) is -0.0723. The Labute approximate surface area is 178 Å². The lowest BCUT2D eigenvalue weighted by atomic mass is 9.88. The lowest BCUT2D eigenvalue weighted by molar-refractivity contribution is -0.357. The molecule has 5 N–H and O–H groups in total. The summed E-state index contributed by atoms with van der Waals surface area (Å²) in [5.74, 6) is -1.92.